The van der Waals surface area contributed by atoms with Crippen LogP contribution in [0.3, 0.4) is 0 Å². The van der Waals surface area contributed by atoms with Gasteiger partial charge in [-0.05, 0) is 42.7 Å². The number of hydrogen-bond donors (Lipinski definition) is 1. The number of carbonyl (C=O) groups is 2. The Labute approximate surface area is 174 Å². The van der Waals surface area contributed by atoms with E-state index < -0.39 is 11.9 Å². The van der Waals surface area contributed by atoms with Crippen LogP contribution in [-0.2, 0) is 20.7 Å². The molecule has 0 bridgehead atoms. The molecule has 1 N–H and O–H groups in total. The van der Waals surface area contributed by atoms with E-state index in [-0.39, 0.29) is 13.0 Å². The summed E-state index contributed by atoms with van der Waals surface area (Å²) in [5.41, 5.74) is 2.61. The average molecular weight is 405 g/mol. The molecule has 7 nitrogen and oxygen atoms in total. The molecule has 0 unspecified atom stereocenters. The van der Waals surface area contributed by atoms with Crippen LogP contribution in [0.5, 0.6) is 5.75 Å². The number of rotatable bonds is 8. The zero-order chi connectivity index (χ0) is 20.9. The molecule has 1 saturated carbocycles. The Morgan fingerprint density at radius 3 is 2.50 bits per heavy atom. The molecule has 3 aromatic rings. The molecule has 2 aromatic carbocycles. The Morgan fingerprint density at radius 1 is 1.10 bits per heavy atom. The van der Waals surface area contributed by atoms with Crippen LogP contribution in [-0.4, -0.2) is 35.4 Å². The summed E-state index contributed by atoms with van der Waals surface area (Å²) in [5.74, 6) is 0.863. The summed E-state index contributed by atoms with van der Waals surface area (Å²) in [6.45, 7) is -0.353. The number of ether oxygens (including phenoxy) is 2. The van der Waals surface area contributed by atoms with E-state index in [1.54, 1.807) is 36.1 Å². The normalized spacial score (nSPS) is 13.0. The average Bonchev–Trinajstić information content (AvgIpc) is 3.54. The Morgan fingerprint density at radius 2 is 1.83 bits per heavy atom. The first kappa shape index (κ1) is 19.7. The molecule has 1 aliphatic rings. The molecule has 1 aliphatic carbocycles. The van der Waals surface area contributed by atoms with Gasteiger partial charge in [-0.3, -0.25) is 9.59 Å². The number of hydrogen-bond acceptors (Lipinski definition) is 5. The van der Waals surface area contributed by atoms with Crippen molar-refractivity contribution in [2.75, 3.05) is 19.0 Å². The second-order valence-corrected chi connectivity index (χ2v) is 7.21. The first-order valence-electron chi connectivity index (χ1n) is 9.86. The second kappa shape index (κ2) is 8.82. The monoisotopic (exact) mass is 405 g/mol. The Bertz CT molecular complexity index is 1020. The SMILES string of the molecule is COc1ccc(CC(=O)OCC(=O)Nc2cc(C3CC3)nn2-c2ccccc2)cc1. The predicted octanol–water partition coefficient (Wildman–Crippen LogP) is 3.48. The van der Waals surface area contributed by atoms with Crippen molar-refractivity contribution in [2.45, 2.75) is 25.2 Å². The molecule has 7 heteroatoms. The molecule has 0 saturated heterocycles. The van der Waals surface area contributed by atoms with Gasteiger partial charge >= 0.3 is 5.97 Å². The maximum atomic E-state index is 12.4. The molecule has 1 fully saturated rings. The second-order valence-electron chi connectivity index (χ2n) is 7.21. The molecular formula is C23H23N3O4. The van der Waals surface area contributed by atoms with Crippen molar-refractivity contribution in [3.63, 3.8) is 0 Å². The molecule has 1 aromatic heterocycles. The number of carbonyl (C=O) groups excluding carboxylic acids is 2. The molecule has 0 atom stereocenters. The van der Waals surface area contributed by atoms with Gasteiger partial charge in [0.2, 0.25) is 0 Å². The third-order valence-electron chi connectivity index (χ3n) is 4.86. The van der Waals surface area contributed by atoms with Gasteiger partial charge in [-0.25, -0.2) is 4.68 Å². The highest BCUT2D eigenvalue weighted by molar-refractivity contribution is 5.92. The Kier molecular flexibility index (Phi) is 5.79. The minimum Gasteiger partial charge on any atom is -0.497 e. The van der Waals surface area contributed by atoms with Gasteiger partial charge in [0.1, 0.15) is 11.6 Å². The van der Waals surface area contributed by atoms with E-state index in [0.29, 0.717) is 17.5 Å². The third kappa shape index (κ3) is 4.86. The third-order valence-corrected chi connectivity index (χ3v) is 4.86. The van der Waals surface area contributed by atoms with Gasteiger partial charge in [-0.15, -0.1) is 0 Å². The maximum absolute atomic E-state index is 12.4. The summed E-state index contributed by atoms with van der Waals surface area (Å²) in [4.78, 5) is 24.4. The summed E-state index contributed by atoms with van der Waals surface area (Å²) < 4.78 is 11.9. The van der Waals surface area contributed by atoms with Crippen molar-refractivity contribution in [2.24, 2.45) is 0 Å². The van der Waals surface area contributed by atoms with Crippen LogP contribution in [0.25, 0.3) is 5.69 Å². The summed E-state index contributed by atoms with van der Waals surface area (Å²) in [6.07, 6.45) is 2.31. The summed E-state index contributed by atoms with van der Waals surface area (Å²) in [7, 11) is 1.58. The van der Waals surface area contributed by atoms with E-state index in [0.717, 1.165) is 29.8 Å². The lowest BCUT2D eigenvalue weighted by molar-refractivity contribution is -0.146. The van der Waals surface area contributed by atoms with Crippen LogP contribution in [0.4, 0.5) is 5.82 Å². The van der Waals surface area contributed by atoms with Gasteiger partial charge in [0.05, 0.1) is 24.9 Å². The number of anilines is 1. The first-order valence-corrected chi connectivity index (χ1v) is 9.86. The first-order chi connectivity index (χ1) is 14.6. The van der Waals surface area contributed by atoms with E-state index in [2.05, 4.69) is 10.4 Å². The summed E-state index contributed by atoms with van der Waals surface area (Å²) in [6, 6.07) is 18.6. The molecule has 30 heavy (non-hydrogen) atoms. The van der Waals surface area contributed by atoms with Crippen molar-refractivity contribution in [1.29, 1.82) is 0 Å². The van der Waals surface area contributed by atoms with Crippen LogP contribution >= 0.6 is 0 Å². The molecule has 1 amide bonds. The molecule has 1 heterocycles. The van der Waals surface area contributed by atoms with Crippen LogP contribution in [0.1, 0.15) is 30.0 Å². The fraction of sp³-hybridized carbons (Fsp3) is 0.261. The van der Waals surface area contributed by atoms with Crippen LogP contribution in [0.15, 0.2) is 60.7 Å². The number of nitrogens with zero attached hydrogens (tertiary/aromatic N) is 2. The van der Waals surface area contributed by atoms with Gasteiger partial charge in [0.25, 0.3) is 5.91 Å². The fourth-order valence-corrected chi connectivity index (χ4v) is 3.12. The number of nitrogens with one attached hydrogen (secondary N) is 1. The maximum Gasteiger partial charge on any atom is 0.310 e. The summed E-state index contributed by atoms with van der Waals surface area (Å²) >= 11 is 0. The van der Waals surface area contributed by atoms with E-state index in [1.807, 2.05) is 36.4 Å². The van der Waals surface area contributed by atoms with Crippen molar-refractivity contribution in [3.05, 3.63) is 71.9 Å². The van der Waals surface area contributed by atoms with Crippen LogP contribution in [0.2, 0.25) is 0 Å². The molecule has 4 rings (SSSR count). The highest BCUT2D eigenvalue weighted by Gasteiger charge is 2.28. The Balaban J connectivity index is 1.36. The highest BCUT2D eigenvalue weighted by Crippen LogP contribution is 2.40. The van der Waals surface area contributed by atoms with E-state index in [9.17, 15) is 9.59 Å². The van der Waals surface area contributed by atoms with Gasteiger partial charge in [-0.1, -0.05) is 30.3 Å². The zero-order valence-electron chi connectivity index (χ0n) is 16.7. The Hall–Kier alpha value is -3.61. The minimum absolute atomic E-state index is 0.0883. The number of aromatic nitrogens is 2. The molecule has 0 spiro atoms. The number of amides is 1. The lowest BCUT2D eigenvalue weighted by atomic mass is 10.1. The van der Waals surface area contributed by atoms with Gasteiger partial charge in [0.15, 0.2) is 6.61 Å². The number of methoxy groups -OCH3 is 1. The van der Waals surface area contributed by atoms with Crippen molar-refractivity contribution in [3.8, 4) is 11.4 Å². The van der Waals surface area contributed by atoms with Crippen molar-refractivity contribution in [1.82, 2.24) is 9.78 Å². The van der Waals surface area contributed by atoms with Crippen LogP contribution in [0, 0.1) is 0 Å². The lowest BCUT2D eigenvalue weighted by Gasteiger charge is -2.09. The van der Waals surface area contributed by atoms with Crippen LogP contribution < -0.4 is 10.1 Å². The standard InChI is InChI=1S/C23H23N3O4/c1-29-19-11-7-16(8-12-19)13-23(28)30-15-22(27)24-21-14-20(17-9-10-17)25-26(21)18-5-3-2-4-6-18/h2-8,11-12,14,17H,9-10,13,15H2,1H3,(H,24,27). The smallest absolute Gasteiger partial charge is 0.310 e. The predicted molar refractivity (Wildman–Crippen MR) is 112 cm³/mol. The molecular weight excluding hydrogens is 382 g/mol. The van der Waals surface area contributed by atoms with E-state index in [1.165, 1.54) is 0 Å². The highest BCUT2D eigenvalue weighted by atomic mass is 16.5. The summed E-state index contributed by atoms with van der Waals surface area (Å²) in [5, 5.41) is 7.46. The lowest BCUT2D eigenvalue weighted by Crippen LogP contribution is -2.23. The van der Waals surface area contributed by atoms with Gasteiger partial charge in [0, 0.05) is 12.0 Å². The van der Waals surface area contributed by atoms with E-state index >= 15 is 0 Å². The van der Waals surface area contributed by atoms with Crippen molar-refractivity contribution < 1.29 is 19.1 Å². The van der Waals surface area contributed by atoms with Gasteiger partial charge in [-0.2, -0.15) is 5.10 Å². The minimum atomic E-state index is -0.467. The largest absolute Gasteiger partial charge is 0.497 e. The molecule has 0 radical (unpaired) electrons. The van der Waals surface area contributed by atoms with Gasteiger partial charge < -0.3 is 14.8 Å². The number of para-hydroxylation sites is 1. The molecule has 154 valence electrons. The van der Waals surface area contributed by atoms with Crippen molar-refractivity contribution >= 4 is 17.7 Å². The number of esters is 1. The number of benzene rings is 2. The quantitative estimate of drug-likeness (QED) is 0.580. The van der Waals surface area contributed by atoms with E-state index in [4.69, 9.17) is 9.47 Å². The zero-order valence-corrected chi connectivity index (χ0v) is 16.7. The molecule has 0 aliphatic heterocycles. The fourth-order valence-electron chi connectivity index (χ4n) is 3.12. The topological polar surface area (TPSA) is 82.4 Å².